The summed E-state index contributed by atoms with van der Waals surface area (Å²) in [7, 11) is 1.77. The first kappa shape index (κ1) is 10.5. The van der Waals surface area contributed by atoms with Gasteiger partial charge in [0.05, 0.1) is 23.5 Å². The van der Waals surface area contributed by atoms with Crippen molar-refractivity contribution in [3.63, 3.8) is 0 Å². The monoisotopic (exact) mass is 241 g/mol. The highest BCUT2D eigenvalue weighted by atomic mass is 16.1. The number of carbonyl (C=O) groups is 1. The Bertz CT molecular complexity index is 712. The largest absolute Gasteiger partial charge is 0.322 e. The van der Waals surface area contributed by atoms with Gasteiger partial charge in [-0.25, -0.2) is 0 Å². The number of aryl methyl sites for hydroxylation is 1. The van der Waals surface area contributed by atoms with E-state index in [-0.39, 0.29) is 5.91 Å². The van der Waals surface area contributed by atoms with E-state index in [1.54, 1.807) is 24.1 Å². The third kappa shape index (κ3) is 1.84. The van der Waals surface area contributed by atoms with Gasteiger partial charge in [-0.05, 0) is 18.2 Å². The molecule has 0 saturated carbocycles. The van der Waals surface area contributed by atoms with Gasteiger partial charge in [0.1, 0.15) is 0 Å². The summed E-state index contributed by atoms with van der Waals surface area (Å²) in [6.45, 7) is 0. The summed E-state index contributed by atoms with van der Waals surface area (Å²) in [6, 6.07) is 5.57. The summed E-state index contributed by atoms with van der Waals surface area (Å²) in [5, 5.41) is 14.5. The van der Waals surface area contributed by atoms with Crippen molar-refractivity contribution < 1.29 is 4.79 Å². The molecule has 0 aliphatic carbocycles. The number of hydrogen-bond donors (Lipinski definition) is 2. The third-order valence-electron chi connectivity index (χ3n) is 2.67. The molecule has 0 saturated heterocycles. The van der Waals surface area contributed by atoms with Crippen LogP contribution in [-0.4, -0.2) is 25.9 Å². The molecule has 1 aromatic carbocycles. The number of fused-ring (bicyclic) bond motifs is 1. The number of aromatic nitrogens is 4. The minimum absolute atomic E-state index is 0.175. The Morgan fingerprint density at radius 1 is 1.39 bits per heavy atom. The van der Waals surface area contributed by atoms with Gasteiger partial charge in [0, 0.05) is 24.3 Å². The molecule has 3 aromatic rings. The number of hydrogen-bond acceptors (Lipinski definition) is 3. The van der Waals surface area contributed by atoms with Crippen LogP contribution in [0.5, 0.6) is 0 Å². The summed E-state index contributed by atoms with van der Waals surface area (Å²) in [5.41, 5.74) is 2.21. The van der Waals surface area contributed by atoms with E-state index in [1.807, 2.05) is 18.2 Å². The molecule has 6 heteroatoms. The first-order valence-corrected chi connectivity index (χ1v) is 5.45. The molecule has 2 heterocycles. The molecule has 0 bridgehead atoms. The minimum Gasteiger partial charge on any atom is -0.322 e. The van der Waals surface area contributed by atoms with E-state index < -0.39 is 0 Å². The zero-order chi connectivity index (χ0) is 12.5. The highest BCUT2D eigenvalue weighted by Crippen LogP contribution is 2.17. The van der Waals surface area contributed by atoms with Crippen molar-refractivity contribution in [1.29, 1.82) is 0 Å². The van der Waals surface area contributed by atoms with E-state index >= 15 is 0 Å². The highest BCUT2D eigenvalue weighted by Gasteiger charge is 2.08. The van der Waals surface area contributed by atoms with Crippen LogP contribution in [-0.2, 0) is 7.05 Å². The molecule has 6 nitrogen and oxygen atoms in total. The van der Waals surface area contributed by atoms with Gasteiger partial charge in [0.15, 0.2) is 0 Å². The Kier molecular flexibility index (Phi) is 2.33. The molecule has 18 heavy (non-hydrogen) atoms. The molecule has 0 radical (unpaired) electrons. The summed E-state index contributed by atoms with van der Waals surface area (Å²) < 4.78 is 1.59. The van der Waals surface area contributed by atoms with Crippen LogP contribution in [0.3, 0.4) is 0 Å². The van der Waals surface area contributed by atoms with E-state index in [2.05, 4.69) is 20.6 Å². The number of nitrogens with one attached hydrogen (secondary N) is 2. The second-order valence-electron chi connectivity index (χ2n) is 4.03. The van der Waals surface area contributed by atoms with Crippen molar-refractivity contribution >= 4 is 22.5 Å². The molecular weight excluding hydrogens is 230 g/mol. The Morgan fingerprint density at radius 3 is 3.06 bits per heavy atom. The molecule has 2 N–H and O–H groups in total. The summed E-state index contributed by atoms with van der Waals surface area (Å²) >= 11 is 0. The van der Waals surface area contributed by atoms with E-state index in [1.165, 1.54) is 6.20 Å². The van der Waals surface area contributed by atoms with Gasteiger partial charge < -0.3 is 5.32 Å². The van der Waals surface area contributed by atoms with Gasteiger partial charge in [-0.3, -0.25) is 14.6 Å². The number of amides is 1. The summed E-state index contributed by atoms with van der Waals surface area (Å²) in [4.78, 5) is 11.9. The van der Waals surface area contributed by atoms with Crippen molar-refractivity contribution in [1.82, 2.24) is 20.0 Å². The van der Waals surface area contributed by atoms with Crippen LogP contribution < -0.4 is 5.32 Å². The Labute approximate surface area is 103 Å². The first-order valence-electron chi connectivity index (χ1n) is 5.45. The lowest BCUT2D eigenvalue weighted by Crippen LogP contribution is -2.10. The lowest BCUT2D eigenvalue weighted by molar-refractivity contribution is 0.102. The predicted molar refractivity (Wildman–Crippen MR) is 67.3 cm³/mol. The van der Waals surface area contributed by atoms with Crippen LogP contribution in [0.1, 0.15) is 10.4 Å². The number of nitrogens with zero attached hydrogens (tertiary/aromatic N) is 3. The summed E-state index contributed by atoms with van der Waals surface area (Å²) in [6.07, 6.45) is 4.92. The van der Waals surface area contributed by atoms with E-state index in [4.69, 9.17) is 0 Å². The van der Waals surface area contributed by atoms with Gasteiger partial charge in [0.25, 0.3) is 5.91 Å². The SMILES string of the molecule is Cn1cc(C(=O)Nc2ccc3[nH]ncc3c2)cn1. The average Bonchev–Trinajstić information content (AvgIpc) is 2.96. The Balaban J connectivity index is 1.85. The van der Waals surface area contributed by atoms with E-state index in [0.717, 1.165) is 16.6 Å². The molecular formula is C12H11N5O. The van der Waals surface area contributed by atoms with Crippen molar-refractivity contribution in [2.24, 2.45) is 7.05 Å². The highest BCUT2D eigenvalue weighted by molar-refractivity contribution is 6.04. The molecule has 0 atom stereocenters. The number of aromatic amines is 1. The number of rotatable bonds is 2. The van der Waals surface area contributed by atoms with Crippen LogP contribution >= 0.6 is 0 Å². The standard InChI is InChI=1S/C12H11N5O/c1-17-7-9(6-14-17)12(18)15-10-2-3-11-8(4-10)5-13-16-11/h2-7H,1H3,(H,13,16)(H,15,18). The van der Waals surface area contributed by atoms with Crippen molar-refractivity contribution in [2.75, 3.05) is 5.32 Å². The first-order chi connectivity index (χ1) is 8.72. The van der Waals surface area contributed by atoms with E-state index in [0.29, 0.717) is 5.56 Å². The second-order valence-corrected chi connectivity index (χ2v) is 4.03. The van der Waals surface area contributed by atoms with Crippen molar-refractivity contribution in [3.8, 4) is 0 Å². The molecule has 0 aliphatic heterocycles. The maximum Gasteiger partial charge on any atom is 0.258 e. The zero-order valence-corrected chi connectivity index (χ0v) is 9.71. The lowest BCUT2D eigenvalue weighted by Gasteiger charge is -2.03. The fourth-order valence-electron chi connectivity index (χ4n) is 1.76. The van der Waals surface area contributed by atoms with Gasteiger partial charge >= 0.3 is 0 Å². The van der Waals surface area contributed by atoms with Crippen LogP contribution in [0.2, 0.25) is 0 Å². The molecule has 0 unspecified atom stereocenters. The maximum atomic E-state index is 11.9. The molecule has 1 amide bonds. The van der Waals surface area contributed by atoms with Crippen molar-refractivity contribution in [3.05, 3.63) is 42.4 Å². The average molecular weight is 241 g/mol. The maximum absolute atomic E-state index is 11.9. The quantitative estimate of drug-likeness (QED) is 0.714. The Morgan fingerprint density at radius 2 is 2.28 bits per heavy atom. The molecule has 0 fully saturated rings. The number of anilines is 1. The smallest absolute Gasteiger partial charge is 0.258 e. The lowest BCUT2D eigenvalue weighted by atomic mass is 10.2. The zero-order valence-electron chi connectivity index (χ0n) is 9.71. The van der Waals surface area contributed by atoms with Gasteiger partial charge in [0.2, 0.25) is 0 Å². The fraction of sp³-hybridized carbons (Fsp3) is 0.0833. The normalized spacial score (nSPS) is 10.7. The fourth-order valence-corrected chi connectivity index (χ4v) is 1.76. The minimum atomic E-state index is -0.175. The van der Waals surface area contributed by atoms with Gasteiger partial charge in [-0.1, -0.05) is 0 Å². The van der Waals surface area contributed by atoms with Crippen molar-refractivity contribution in [2.45, 2.75) is 0 Å². The summed E-state index contributed by atoms with van der Waals surface area (Å²) in [5.74, 6) is -0.175. The molecule has 2 aromatic heterocycles. The predicted octanol–water partition coefficient (Wildman–Crippen LogP) is 1.55. The topological polar surface area (TPSA) is 75.6 Å². The second kappa shape index (κ2) is 3.99. The Hall–Kier alpha value is -2.63. The number of H-pyrrole nitrogens is 1. The van der Waals surface area contributed by atoms with Crippen LogP contribution in [0.4, 0.5) is 5.69 Å². The molecule has 3 rings (SSSR count). The third-order valence-corrected chi connectivity index (χ3v) is 2.67. The molecule has 90 valence electrons. The number of carbonyl (C=O) groups excluding carboxylic acids is 1. The number of benzene rings is 1. The van der Waals surface area contributed by atoms with Crippen LogP contribution in [0.15, 0.2) is 36.8 Å². The molecule has 0 spiro atoms. The van der Waals surface area contributed by atoms with Crippen LogP contribution in [0, 0.1) is 0 Å². The van der Waals surface area contributed by atoms with Crippen LogP contribution in [0.25, 0.3) is 10.9 Å². The molecule has 0 aliphatic rings. The van der Waals surface area contributed by atoms with Gasteiger partial charge in [-0.15, -0.1) is 0 Å². The van der Waals surface area contributed by atoms with E-state index in [9.17, 15) is 4.79 Å². The van der Waals surface area contributed by atoms with Gasteiger partial charge in [-0.2, -0.15) is 10.2 Å².